The highest BCUT2D eigenvalue weighted by atomic mass is 79.9. The fraction of sp³-hybridized carbons (Fsp3) is 0.300. The van der Waals surface area contributed by atoms with Gasteiger partial charge in [0, 0.05) is 12.5 Å². The zero-order valence-corrected chi connectivity index (χ0v) is 11.1. The average molecular weight is 309 g/mol. The molecule has 2 aromatic rings. The molecule has 15 heavy (non-hydrogen) atoms. The lowest BCUT2D eigenvalue weighted by molar-refractivity contribution is 0.525. The lowest BCUT2D eigenvalue weighted by Gasteiger charge is -1.97. The van der Waals surface area contributed by atoms with Crippen LogP contribution in [0.1, 0.15) is 19.2 Å². The van der Waals surface area contributed by atoms with Crippen molar-refractivity contribution in [2.24, 2.45) is 0 Å². The third-order valence-electron chi connectivity index (χ3n) is 2.03. The molecule has 0 fully saturated rings. The van der Waals surface area contributed by atoms with Gasteiger partial charge in [-0.15, -0.1) is 0 Å². The molecule has 1 heterocycles. The molecule has 2 nitrogen and oxygen atoms in total. The Bertz CT molecular complexity index is 510. The lowest BCUT2D eigenvalue weighted by atomic mass is 10.3. The standard InChI is InChI=1S/C10H8BrCl2NO/c1-2-3-7-14-10-6(15-7)4-5(12)8(11)9(10)13/h4H,2-3H2,1H3. The maximum atomic E-state index is 6.09. The third-order valence-corrected chi connectivity index (χ3v) is 3.98. The fourth-order valence-electron chi connectivity index (χ4n) is 1.34. The summed E-state index contributed by atoms with van der Waals surface area (Å²) in [6.07, 6.45) is 1.79. The molecule has 0 N–H and O–H groups in total. The minimum atomic E-state index is 0.503. The molecule has 80 valence electrons. The Labute approximate surface area is 106 Å². The molecule has 0 aliphatic carbocycles. The van der Waals surface area contributed by atoms with Gasteiger partial charge in [-0.05, 0) is 22.4 Å². The molecule has 0 saturated carbocycles. The summed E-state index contributed by atoms with van der Waals surface area (Å²) >= 11 is 15.4. The zero-order chi connectivity index (χ0) is 11.0. The lowest BCUT2D eigenvalue weighted by Crippen LogP contribution is -1.81. The number of hydrogen-bond acceptors (Lipinski definition) is 2. The van der Waals surface area contributed by atoms with Crippen LogP contribution in [0, 0.1) is 0 Å². The maximum Gasteiger partial charge on any atom is 0.195 e. The quantitative estimate of drug-likeness (QED) is 0.741. The van der Waals surface area contributed by atoms with Crippen LogP contribution in [-0.2, 0) is 6.42 Å². The summed E-state index contributed by atoms with van der Waals surface area (Å²) in [6, 6.07) is 1.72. The van der Waals surface area contributed by atoms with E-state index in [9.17, 15) is 0 Å². The summed E-state index contributed by atoms with van der Waals surface area (Å²) in [4.78, 5) is 4.32. The first kappa shape index (κ1) is 11.2. The summed E-state index contributed by atoms with van der Waals surface area (Å²) in [5, 5.41) is 1.04. The van der Waals surface area contributed by atoms with E-state index in [2.05, 4.69) is 27.8 Å². The summed E-state index contributed by atoms with van der Waals surface area (Å²) in [5.74, 6) is 0.698. The smallest absolute Gasteiger partial charge is 0.195 e. The third kappa shape index (κ3) is 2.01. The number of aromatic nitrogens is 1. The average Bonchev–Trinajstić information content (AvgIpc) is 2.58. The molecule has 0 amide bonds. The van der Waals surface area contributed by atoms with Gasteiger partial charge in [0.05, 0.1) is 14.5 Å². The van der Waals surface area contributed by atoms with Gasteiger partial charge in [0.2, 0.25) is 0 Å². The molecule has 0 aliphatic heterocycles. The van der Waals surface area contributed by atoms with Crippen LogP contribution in [0.2, 0.25) is 10.0 Å². The molecule has 0 atom stereocenters. The van der Waals surface area contributed by atoms with E-state index in [4.69, 9.17) is 27.6 Å². The van der Waals surface area contributed by atoms with E-state index >= 15 is 0 Å². The number of halogens is 3. The molecule has 0 spiro atoms. The van der Waals surface area contributed by atoms with Crippen molar-refractivity contribution in [1.29, 1.82) is 0 Å². The number of hydrogen-bond donors (Lipinski definition) is 0. The van der Waals surface area contributed by atoms with Crippen molar-refractivity contribution in [3.8, 4) is 0 Å². The van der Waals surface area contributed by atoms with Gasteiger partial charge in [0.1, 0.15) is 5.52 Å². The molecule has 1 aromatic carbocycles. The predicted molar refractivity (Wildman–Crippen MR) is 65.7 cm³/mol. The summed E-state index contributed by atoms with van der Waals surface area (Å²) in [5.41, 5.74) is 1.30. The van der Waals surface area contributed by atoms with E-state index < -0.39 is 0 Å². The van der Waals surface area contributed by atoms with E-state index in [1.807, 2.05) is 0 Å². The largest absolute Gasteiger partial charge is 0.441 e. The molecular formula is C10H8BrCl2NO. The van der Waals surface area contributed by atoms with Gasteiger partial charge in [-0.25, -0.2) is 4.98 Å². The minimum absolute atomic E-state index is 0.503. The number of rotatable bonds is 2. The zero-order valence-electron chi connectivity index (χ0n) is 7.98. The molecule has 0 saturated heterocycles. The van der Waals surface area contributed by atoms with Crippen molar-refractivity contribution in [2.75, 3.05) is 0 Å². The molecule has 0 bridgehead atoms. The van der Waals surface area contributed by atoms with Gasteiger partial charge < -0.3 is 4.42 Å². The molecule has 0 aliphatic rings. The SMILES string of the molecule is CCCc1nc2c(Cl)c(Br)c(Cl)cc2o1. The molecular weight excluding hydrogens is 301 g/mol. The van der Waals surface area contributed by atoms with Crippen molar-refractivity contribution in [3.63, 3.8) is 0 Å². The van der Waals surface area contributed by atoms with Gasteiger partial charge >= 0.3 is 0 Å². The fourth-order valence-corrected chi connectivity index (χ4v) is 2.12. The first-order chi connectivity index (χ1) is 7.13. The first-order valence-electron chi connectivity index (χ1n) is 4.56. The van der Waals surface area contributed by atoms with Crippen LogP contribution in [0.3, 0.4) is 0 Å². The van der Waals surface area contributed by atoms with E-state index in [1.54, 1.807) is 6.07 Å². The molecule has 0 unspecified atom stereocenters. The van der Waals surface area contributed by atoms with Gasteiger partial charge in [-0.2, -0.15) is 0 Å². The summed E-state index contributed by atoms with van der Waals surface area (Å²) in [6.45, 7) is 2.07. The van der Waals surface area contributed by atoms with Gasteiger partial charge in [-0.3, -0.25) is 0 Å². The van der Waals surface area contributed by atoms with Gasteiger partial charge in [0.25, 0.3) is 0 Å². The normalized spacial score (nSPS) is 11.2. The molecule has 1 aromatic heterocycles. The van der Waals surface area contributed by atoms with Crippen LogP contribution in [0.15, 0.2) is 15.0 Å². The molecule has 0 radical (unpaired) electrons. The van der Waals surface area contributed by atoms with Crippen molar-refractivity contribution in [1.82, 2.24) is 4.98 Å². The molecule has 2 rings (SSSR count). The number of aryl methyl sites for hydroxylation is 1. The Hall–Kier alpha value is -0.250. The van der Waals surface area contributed by atoms with E-state index in [0.717, 1.165) is 12.8 Å². The highest BCUT2D eigenvalue weighted by Crippen LogP contribution is 2.36. The minimum Gasteiger partial charge on any atom is -0.441 e. The topological polar surface area (TPSA) is 26.0 Å². The number of fused-ring (bicyclic) bond motifs is 1. The predicted octanol–water partition coefficient (Wildman–Crippen LogP) is 4.85. The van der Waals surface area contributed by atoms with Crippen LogP contribution in [0.4, 0.5) is 0 Å². The number of benzene rings is 1. The monoisotopic (exact) mass is 307 g/mol. The van der Waals surface area contributed by atoms with Crippen LogP contribution >= 0.6 is 39.1 Å². The number of nitrogens with zero attached hydrogens (tertiary/aromatic N) is 1. The Balaban J connectivity index is 2.65. The van der Waals surface area contributed by atoms with E-state index in [1.165, 1.54) is 0 Å². The van der Waals surface area contributed by atoms with Crippen molar-refractivity contribution >= 4 is 50.2 Å². The Morgan fingerprint density at radius 1 is 1.47 bits per heavy atom. The highest BCUT2D eigenvalue weighted by molar-refractivity contribution is 9.10. The van der Waals surface area contributed by atoms with E-state index in [0.29, 0.717) is 31.5 Å². The summed E-state index contributed by atoms with van der Waals surface area (Å²) in [7, 11) is 0. The van der Waals surface area contributed by atoms with Crippen molar-refractivity contribution in [2.45, 2.75) is 19.8 Å². The van der Waals surface area contributed by atoms with Gasteiger partial charge in [0.15, 0.2) is 11.5 Å². The second-order valence-corrected chi connectivity index (χ2v) is 4.77. The summed E-state index contributed by atoms with van der Waals surface area (Å²) < 4.78 is 6.19. The first-order valence-corrected chi connectivity index (χ1v) is 6.11. The van der Waals surface area contributed by atoms with Crippen molar-refractivity contribution < 1.29 is 4.42 Å². The maximum absolute atomic E-state index is 6.09. The molecule has 5 heteroatoms. The Morgan fingerprint density at radius 3 is 2.87 bits per heavy atom. The van der Waals surface area contributed by atoms with Crippen LogP contribution in [-0.4, -0.2) is 4.98 Å². The van der Waals surface area contributed by atoms with Crippen LogP contribution in [0.25, 0.3) is 11.1 Å². The van der Waals surface area contributed by atoms with E-state index in [-0.39, 0.29) is 0 Å². The second kappa shape index (κ2) is 4.32. The Kier molecular flexibility index (Phi) is 3.24. The Morgan fingerprint density at radius 2 is 2.20 bits per heavy atom. The van der Waals surface area contributed by atoms with Crippen LogP contribution < -0.4 is 0 Å². The highest BCUT2D eigenvalue weighted by Gasteiger charge is 2.14. The van der Waals surface area contributed by atoms with Crippen molar-refractivity contribution in [3.05, 3.63) is 26.5 Å². The second-order valence-electron chi connectivity index (χ2n) is 3.19. The number of oxazole rings is 1. The van der Waals surface area contributed by atoms with Crippen LogP contribution in [0.5, 0.6) is 0 Å². The van der Waals surface area contributed by atoms with Gasteiger partial charge in [-0.1, -0.05) is 30.1 Å².